The van der Waals surface area contributed by atoms with Crippen LogP contribution in [0.1, 0.15) is 11.1 Å². The zero-order valence-corrected chi connectivity index (χ0v) is 23.0. The molecule has 0 radical (unpaired) electrons. The van der Waals surface area contributed by atoms with Gasteiger partial charge in [-0.2, -0.15) is 0 Å². The van der Waals surface area contributed by atoms with Crippen LogP contribution in [0.3, 0.4) is 0 Å². The molecule has 0 aliphatic rings. The molecule has 200 valence electrons. The van der Waals surface area contributed by atoms with E-state index in [1.165, 1.54) is 27.4 Å². The van der Waals surface area contributed by atoms with Crippen molar-refractivity contribution in [3.63, 3.8) is 0 Å². The molecule has 0 saturated carbocycles. The van der Waals surface area contributed by atoms with Crippen LogP contribution in [0.5, 0.6) is 0 Å². The molecule has 0 fully saturated rings. The lowest BCUT2D eigenvalue weighted by Crippen LogP contribution is -1.98. The maximum absolute atomic E-state index is 6.53. The molecule has 2 N–H and O–H groups in total. The highest BCUT2D eigenvalue weighted by Gasteiger charge is 2.11. The molecule has 8 rings (SSSR count). The third-order valence-electron chi connectivity index (χ3n) is 8.26. The molecule has 6 aromatic carbocycles. The third-order valence-corrected chi connectivity index (χ3v) is 8.26. The normalized spacial score (nSPS) is 12.1. The fraction of sp³-hybridized carbons (Fsp3) is 0.0256. The van der Waals surface area contributed by atoms with Gasteiger partial charge in [0.05, 0.1) is 11.0 Å². The second kappa shape index (κ2) is 9.83. The standard InChI is InChI=1S/C39H28N2O/c40-35(28-18-16-27(17-19-28)29-20-24-39-34(25-29)33-9-3-6-12-38(33)42-39)23-15-26-13-21-30(22-14-26)41-36-10-4-1-7-31(36)32-8-2-5-11-37(32)41/h1-14,16-25H,15,40H2/b35-23-. The van der Waals surface area contributed by atoms with Crippen molar-refractivity contribution in [1.82, 2.24) is 4.57 Å². The number of benzene rings is 6. The topological polar surface area (TPSA) is 44.1 Å². The summed E-state index contributed by atoms with van der Waals surface area (Å²) < 4.78 is 8.33. The zero-order valence-electron chi connectivity index (χ0n) is 23.0. The van der Waals surface area contributed by atoms with E-state index in [1.807, 2.05) is 18.2 Å². The molecule has 0 amide bonds. The number of fused-ring (bicyclic) bond motifs is 6. The minimum atomic E-state index is 0.769. The SMILES string of the molecule is N/C(=C\Cc1ccc(-n2c3ccccc3c3ccccc32)cc1)c1ccc(-c2ccc3oc4ccccc4c3c2)cc1. The Kier molecular flexibility index (Phi) is 5.68. The molecule has 0 bridgehead atoms. The molecule has 0 spiro atoms. The van der Waals surface area contributed by atoms with E-state index in [0.29, 0.717) is 0 Å². The lowest BCUT2D eigenvalue weighted by Gasteiger charge is -2.09. The van der Waals surface area contributed by atoms with E-state index < -0.39 is 0 Å². The summed E-state index contributed by atoms with van der Waals surface area (Å²) in [6.45, 7) is 0. The van der Waals surface area contributed by atoms with Crippen LogP contribution in [0, 0.1) is 0 Å². The minimum Gasteiger partial charge on any atom is -0.456 e. The van der Waals surface area contributed by atoms with Gasteiger partial charge in [-0.15, -0.1) is 0 Å². The highest BCUT2D eigenvalue weighted by molar-refractivity contribution is 6.09. The summed E-state index contributed by atoms with van der Waals surface area (Å²) in [4.78, 5) is 0. The Morgan fingerprint density at radius 2 is 1.17 bits per heavy atom. The van der Waals surface area contributed by atoms with Crippen LogP contribution in [0.4, 0.5) is 0 Å². The summed E-state index contributed by atoms with van der Waals surface area (Å²) in [6, 6.07) is 49.0. The van der Waals surface area contributed by atoms with Gasteiger partial charge in [-0.25, -0.2) is 0 Å². The summed E-state index contributed by atoms with van der Waals surface area (Å²) in [5.41, 5.74) is 17.3. The summed E-state index contributed by atoms with van der Waals surface area (Å²) in [7, 11) is 0. The van der Waals surface area contributed by atoms with Gasteiger partial charge in [0.1, 0.15) is 11.2 Å². The van der Waals surface area contributed by atoms with Gasteiger partial charge in [0.25, 0.3) is 0 Å². The van der Waals surface area contributed by atoms with E-state index >= 15 is 0 Å². The van der Waals surface area contributed by atoms with Gasteiger partial charge in [-0.3, -0.25) is 0 Å². The van der Waals surface area contributed by atoms with E-state index in [9.17, 15) is 0 Å². The molecule has 42 heavy (non-hydrogen) atoms. The van der Waals surface area contributed by atoms with E-state index in [4.69, 9.17) is 10.2 Å². The summed E-state index contributed by atoms with van der Waals surface area (Å²) in [6.07, 6.45) is 2.87. The van der Waals surface area contributed by atoms with Crippen LogP contribution in [0.15, 0.2) is 150 Å². The maximum Gasteiger partial charge on any atom is 0.135 e. The Bertz CT molecular complexity index is 2210. The van der Waals surface area contributed by atoms with Crippen molar-refractivity contribution in [1.29, 1.82) is 0 Å². The highest BCUT2D eigenvalue weighted by atomic mass is 16.3. The molecule has 3 heteroatoms. The lowest BCUT2D eigenvalue weighted by molar-refractivity contribution is 0.669. The van der Waals surface area contributed by atoms with Gasteiger partial charge >= 0.3 is 0 Å². The van der Waals surface area contributed by atoms with Crippen molar-refractivity contribution >= 4 is 49.4 Å². The number of nitrogens with zero attached hydrogens (tertiary/aromatic N) is 1. The fourth-order valence-corrected chi connectivity index (χ4v) is 6.09. The first-order valence-corrected chi connectivity index (χ1v) is 14.3. The van der Waals surface area contributed by atoms with Crippen LogP contribution in [0.25, 0.3) is 66.3 Å². The highest BCUT2D eigenvalue weighted by Crippen LogP contribution is 2.33. The van der Waals surface area contributed by atoms with Gasteiger partial charge in [0, 0.05) is 32.9 Å². The van der Waals surface area contributed by atoms with Crippen molar-refractivity contribution in [2.24, 2.45) is 5.73 Å². The molecule has 0 aliphatic heterocycles. The smallest absolute Gasteiger partial charge is 0.135 e. The van der Waals surface area contributed by atoms with Gasteiger partial charge in [0.15, 0.2) is 0 Å². The Hall–Kier alpha value is -5.54. The molecular formula is C39H28N2O. The number of aromatic nitrogens is 1. The number of furan rings is 1. The molecule has 0 aliphatic carbocycles. The average molecular weight is 541 g/mol. The van der Waals surface area contributed by atoms with Crippen molar-refractivity contribution in [3.8, 4) is 16.8 Å². The van der Waals surface area contributed by atoms with Crippen molar-refractivity contribution in [2.75, 3.05) is 0 Å². The predicted octanol–water partition coefficient (Wildman–Crippen LogP) is 9.89. The molecule has 3 nitrogen and oxygen atoms in total. The summed E-state index contributed by atoms with van der Waals surface area (Å²) >= 11 is 0. The quantitative estimate of drug-likeness (QED) is 0.236. The Morgan fingerprint density at radius 3 is 1.88 bits per heavy atom. The molecule has 2 heterocycles. The van der Waals surface area contributed by atoms with Crippen LogP contribution >= 0.6 is 0 Å². The first-order chi connectivity index (χ1) is 20.7. The molecule has 0 saturated heterocycles. The first kappa shape index (κ1) is 24.3. The summed E-state index contributed by atoms with van der Waals surface area (Å²) in [5.74, 6) is 0. The Labute approximate surface area is 243 Å². The van der Waals surface area contributed by atoms with Gasteiger partial charge < -0.3 is 14.7 Å². The Balaban J connectivity index is 1.03. The summed E-state index contributed by atoms with van der Waals surface area (Å²) in [5, 5.41) is 4.82. The molecule has 8 aromatic rings. The number of allylic oxidation sites excluding steroid dienone is 1. The van der Waals surface area contributed by atoms with Crippen molar-refractivity contribution in [2.45, 2.75) is 6.42 Å². The first-order valence-electron chi connectivity index (χ1n) is 14.3. The average Bonchev–Trinajstić information content (AvgIpc) is 3.59. The second-order valence-electron chi connectivity index (χ2n) is 10.8. The van der Waals surface area contributed by atoms with Crippen LogP contribution in [-0.4, -0.2) is 4.57 Å². The Morgan fingerprint density at radius 1 is 0.571 bits per heavy atom. The fourth-order valence-electron chi connectivity index (χ4n) is 6.09. The van der Waals surface area contributed by atoms with Gasteiger partial charge in [-0.05, 0) is 71.1 Å². The van der Waals surface area contributed by atoms with Gasteiger partial charge in [0.2, 0.25) is 0 Å². The molecule has 2 aromatic heterocycles. The van der Waals surface area contributed by atoms with Crippen LogP contribution in [-0.2, 0) is 6.42 Å². The molecule has 0 unspecified atom stereocenters. The third kappa shape index (κ3) is 4.06. The van der Waals surface area contributed by atoms with Crippen LogP contribution in [0.2, 0.25) is 0 Å². The number of hydrogen-bond acceptors (Lipinski definition) is 2. The maximum atomic E-state index is 6.53. The van der Waals surface area contributed by atoms with E-state index in [2.05, 4.69) is 132 Å². The second-order valence-corrected chi connectivity index (χ2v) is 10.8. The molecular weight excluding hydrogens is 512 g/mol. The number of para-hydroxylation sites is 3. The number of nitrogens with two attached hydrogens (primary N) is 1. The van der Waals surface area contributed by atoms with Gasteiger partial charge in [-0.1, -0.05) is 103 Å². The lowest BCUT2D eigenvalue weighted by atomic mass is 10.0. The monoisotopic (exact) mass is 540 g/mol. The van der Waals surface area contributed by atoms with E-state index in [0.717, 1.165) is 56.4 Å². The molecule has 0 atom stereocenters. The predicted molar refractivity (Wildman–Crippen MR) is 176 cm³/mol. The number of hydrogen-bond donors (Lipinski definition) is 1. The van der Waals surface area contributed by atoms with Crippen molar-refractivity contribution < 1.29 is 4.42 Å². The minimum absolute atomic E-state index is 0.769. The largest absolute Gasteiger partial charge is 0.456 e. The van der Waals surface area contributed by atoms with Crippen molar-refractivity contribution in [3.05, 3.63) is 157 Å². The van der Waals surface area contributed by atoms with Crippen LogP contribution < -0.4 is 5.73 Å². The zero-order chi connectivity index (χ0) is 28.0. The number of rotatable bonds is 5. The van der Waals surface area contributed by atoms with E-state index in [-0.39, 0.29) is 0 Å². The van der Waals surface area contributed by atoms with E-state index in [1.54, 1.807) is 0 Å².